The van der Waals surface area contributed by atoms with Gasteiger partial charge in [-0.3, -0.25) is 4.98 Å². The molecule has 1 aromatic heterocycles. The molecule has 2 rings (SSSR count). The number of amides is 1. The summed E-state index contributed by atoms with van der Waals surface area (Å²) in [4.78, 5) is 20.9. The molecule has 6 heteroatoms. The maximum atomic E-state index is 12.0. The Bertz CT molecular complexity index is 696. The number of alkyl carbamates (subject to hydrolysis) is 1. The molecule has 0 aliphatic carbocycles. The van der Waals surface area contributed by atoms with Gasteiger partial charge in [-0.2, -0.15) is 0 Å². The molecular weight excluding hydrogens is 328 g/mol. The van der Waals surface area contributed by atoms with Gasteiger partial charge < -0.3 is 15.4 Å². The second-order valence-electron chi connectivity index (χ2n) is 7.12. The molecule has 144 valence electrons. The van der Waals surface area contributed by atoms with Crippen LogP contribution in [0.15, 0.2) is 30.5 Å². The molecule has 0 saturated heterocycles. The van der Waals surface area contributed by atoms with Crippen LogP contribution in [0.25, 0.3) is 11.0 Å². The Hall–Kier alpha value is -2.37. The van der Waals surface area contributed by atoms with Crippen molar-refractivity contribution in [3.63, 3.8) is 0 Å². The van der Waals surface area contributed by atoms with E-state index in [1.165, 1.54) is 0 Å². The lowest BCUT2D eigenvalue weighted by molar-refractivity contribution is 0.0494. The van der Waals surface area contributed by atoms with Crippen LogP contribution in [-0.4, -0.2) is 34.2 Å². The molecule has 0 spiro atoms. The standard InChI is InChI=1S/C18H26N4O2.C2H6/c1-12(2)15(22-17(23)24-18(3,4)5)10-20-16-11-19-13-8-6-7-9-14(13)21-16;1-2/h6-9,11-12,15H,10H2,1-5H3,(H,20,21)(H,22,23);1-2H3. The minimum Gasteiger partial charge on any atom is -0.444 e. The van der Waals surface area contributed by atoms with Crippen LogP contribution in [-0.2, 0) is 4.74 Å². The van der Waals surface area contributed by atoms with Crippen LogP contribution in [0.5, 0.6) is 0 Å². The van der Waals surface area contributed by atoms with Crippen molar-refractivity contribution in [2.45, 2.75) is 60.1 Å². The molecule has 2 N–H and O–H groups in total. The first-order chi connectivity index (χ1) is 12.2. The molecule has 0 aliphatic rings. The van der Waals surface area contributed by atoms with Crippen molar-refractivity contribution in [2.24, 2.45) is 5.92 Å². The largest absolute Gasteiger partial charge is 0.444 e. The highest BCUT2D eigenvalue weighted by atomic mass is 16.6. The van der Waals surface area contributed by atoms with E-state index in [4.69, 9.17) is 4.74 Å². The summed E-state index contributed by atoms with van der Waals surface area (Å²) in [6.45, 7) is 14.2. The molecule has 1 heterocycles. The second-order valence-corrected chi connectivity index (χ2v) is 7.12. The Morgan fingerprint density at radius 2 is 1.77 bits per heavy atom. The third kappa shape index (κ3) is 7.25. The summed E-state index contributed by atoms with van der Waals surface area (Å²) in [6.07, 6.45) is 1.29. The van der Waals surface area contributed by atoms with Crippen molar-refractivity contribution in [3.05, 3.63) is 30.5 Å². The van der Waals surface area contributed by atoms with E-state index in [0.717, 1.165) is 11.0 Å². The summed E-state index contributed by atoms with van der Waals surface area (Å²) in [5.74, 6) is 0.934. The van der Waals surface area contributed by atoms with Crippen LogP contribution >= 0.6 is 0 Å². The number of fused-ring (bicyclic) bond motifs is 1. The van der Waals surface area contributed by atoms with E-state index in [2.05, 4.69) is 34.4 Å². The van der Waals surface area contributed by atoms with Gasteiger partial charge in [0.25, 0.3) is 0 Å². The first kappa shape index (κ1) is 21.7. The van der Waals surface area contributed by atoms with E-state index in [-0.39, 0.29) is 12.0 Å². The third-order valence-electron chi connectivity index (χ3n) is 3.46. The normalized spacial score (nSPS) is 12.2. The lowest BCUT2D eigenvalue weighted by atomic mass is 10.0. The molecule has 26 heavy (non-hydrogen) atoms. The molecular formula is C20H32N4O2. The molecule has 1 unspecified atom stereocenters. The fourth-order valence-electron chi connectivity index (χ4n) is 2.17. The van der Waals surface area contributed by atoms with Gasteiger partial charge in [0.1, 0.15) is 11.4 Å². The minimum atomic E-state index is -0.511. The average Bonchev–Trinajstić information content (AvgIpc) is 2.58. The van der Waals surface area contributed by atoms with E-state index in [0.29, 0.717) is 12.4 Å². The smallest absolute Gasteiger partial charge is 0.407 e. The first-order valence-electron chi connectivity index (χ1n) is 9.20. The quantitative estimate of drug-likeness (QED) is 0.814. The van der Waals surface area contributed by atoms with Gasteiger partial charge in [0.2, 0.25) is 0 Å². The highest BCUT2D eigenvalue weighted by Crippen LogP contribution is 2.13. The lowest BCUT2D eigenvalue weighted by Gasteiger charge is -2.26. The van der Waals surface area contributed by atoms with Crippen LogP contribution in [0.4, 0.5) is 10.6 Å². The Morgan fingerprint density at radius 3 is 2.35 bits per heavy atom. The Morgan fingerprint density at radius 1 is 1.15 bits per heavy atom. The second kappa shape index (κ2) is 9.94. The summed E-state index contributed by atoms with van der Waals surface area (Å²) in [5, 5.41) is 6.15. The number of nitrogens with zero attached hydrogens (tertiary/aromatic N) is 2. The maximum Gasteiger partial charge on any atom is 0.407 e. The van der Waals surface area contributed by atoms with Crippen LogP contribution in [0.3, 0.4) is 0 Å². The summed E-state index contributed by atoms with van der Waals surface area (Å²) in [7, 11) is 0. The summed E-state index contributed by atoms with van der Waals surface area (Å²) < 4.78 is 5.32. The van der Waals surface area contributed by atoms with E-state index in [1.54, 1.807) is 6.20 Å². The molecule has 0 radical (unpaired) electrons. The monoisotopic (exact) mass is 360 g/mol. The zero-order valence-corrected chi connectivity index (χ0v) is 17.0. The van der Waals surface area contributed by atoms with Gasteiger partial charge in [-0.15, -0.1) is 0 Å². The van der Waals surface area contributed by atoms with Gasteiger partial charge in [0.05, 0.1) is 23.3 Å². The summed E-state index contributed by atoms with van der Waals surface area (Å²) >= 11 is 0. The number of benzene rings is 1. The fraction of sp³-hybridized carbons (Fsp3) is 0.550. The Kier molecular flexibility index (Phi) is 8.29. The van der Waals surface area contributed by atoms with Crippen molar-refractivity contribution >= 4 is 22.9 Å². The summed E-state index contributed by atoms with van der Waals surface area (Å²) in [6, 6.07) is 7.64. The third-order valence-corrected chi connectivity index (χ3v) is 3.46. The van der Waals surface area contributed by atoms with Crippen molar-refractivity contribution in [3.8, 4) is 0 Å². The number of aromatic nitrogens is 2. The first-order valence-corrected chi connectivity index (χ1v) is 9.20. The number of nitrogens with one attached hydrogen (secondary N) is 2. The molecule has 0 aliphatic heterocycles. The average molecular weight is 361 g/mol. The molecule has 2 aromatic rings. The van der Waals surface area contributed by atoms with Crippen molar-refractivity contribution in [2.75, 3.05) is 11.9 Å². The number of hydrogen-bond donors (Lipinski definition) is 2. The van der Waals surface area contributed by atoms with Gasteiger partial charge in [-0.05, 0) is 38.8 Å². The number of carbonyl (C=O) groups is 1. The van der Waals surface area contributed by atoms with E-state index in [1.807, 2.05) is 58.9 Å². The highest BCUT2D eigenvalue weighted by molar-refractivity contribution is 5.75. The van der Waals surface area contributed by atoms with Gasteiger partial charge in [0.15, 0.2) is 0 Å². The number of para-hydroxylation sites is 2. The Balaban J connectivity index is 0.00000163. The minimum absolute atomic E-state index is 0.0758. The predicted molar refractivity (Wildman–Crippen MR) is 107 cm³/mol. The molecule has 1 amide bonds. The molecule has 6 nitrogen and oxygen atoms in total. The Labute approximate surface area is 156 Å². The zero-order chi connectivity index (χ0) is 19.7. The highest BCUT2D eigenvalue weighted by Gasteiger charge is 2.21. The van der Waals surface area contributed by atoms with Gasteiger partial charge >= 0.3 is 6.09 Å². The summed E-state index contributed by atoms with van der Waals surface area (Å²) in [5.41, 5.74) is 1.18. The molecule has 0 fully saturated rings. The van der Waals surface area contributed by atoms with Crippen LogP contribution < -0.4 is 10.6 Å². The molecule has 0 bridgehead atoms. The molecule has 0 saturated carbocycles. The van der Waals surface area contributed by atoms with E-state index < -0.39 is 11.7 Å². The van der Waals surface area contributed by atoms with Gasteiger partial charge in [0, 0.05) is 6.54 Å². The SMILES string of the molecule is CC.CC(C)C(CNc1cnc2ccccc2n1)NC(=O)OC(C)(C)C. The van der Waals surface area contributed by atoms with Crippen molar-refractivity contribution in [1.29, 1.82) is 0 Å². The molecule has 1 aromatic carbocycles. The van der Waals surface area contributed by atoms with E-state index in [9.17, 15) is 4.79 Å². The fourth-order valence-corrected chi connectivity index (χ4v) is 2.17. The topological polar surface area (TPSA) is 76.1 Å². The van der Waals surface area contributed by atoms with Crippen molar-refractivity contribution < 1.29 is 9.53 Å². The number of hydrogen-bond acceptors (Lipinski definition) is 5. The maximum absolute atomic E-state index is 12.0. The zero-order valence-electron chi connectivity index (χ0n) is 17.0. The molecule has 1 atom stereocenters. The van der Waals surface area contributed by atoms with Crippen molar-refractivity contribution in [1.82, 2.24) is 15.3 Å². The van der Waals surface area contributed by atoms with E-state index >= 15 is 0 Å². The van der Waals surface area contributed by atoms with Crippen LogP contribution in [0.1, 0.15) is 48.5 Å². The number of anilines is 1. The number of rotatable bonds is 5. The van der Waals surface area contributed by atoms with Gasteiger partial charge in [-0.25, -0.2) is 9.78 Å². The van der Waals surface area contributed by atoms with Gasteiger partial charge in [-0.1, -0.05) is 39.8 Å². The van der Waals surface area contributed by atoms with Crippen LogP contribution in [0, 0.1) is 5.92 Å². The lowest BCUT2D eigenvalue weighted by Crippen LogP contribution is -2.45. The predicted octanol–water partition coefficient (Wildman–Crippen LogP) is 4.62. The number of ether oxygens (including phenoxy) is 1. The van der Waals surface area contributed by atoms with Crippen LogP contribution in [0.2, 0.25) is 0 Å². The number of carbonyl (C=O) groups excluding carboxylic acids is 1.